The van der Waals surface area contributed by atoms with Crippen molar-refractivity contribution in [2.75, 3.05) is 25.5 Å². The second-order valence-electron chi connectivity index (χ2n) is 5.93. The molecule has 2 N–H and O–H groups in total. The number of likely N-dealkylation sites (tertiary alicyclic amines) is 1. The number of ether oxygens (including phenoxy) is 1. The predicted molar refractivity (Wildman–Crippen MR) is 83.1 cm³/mol. The predicted octanol–water partition coefficient (Wildman–Crippen LogP) is 3.12. The Morgan fingerprint density at radius 2 is 2.04 bits per heavy atom. The minimum absolute atomic E-state index is 0.213. The Morgan fingerprint density at radius 1 is 1.36 bits per heavy atom. The number of rotatable bonds is 4. The first-order chi connectivity index (χ1) is 11.6. The van der Waals surface area contributed by atoms with Crippen molar-refractivity contribution in [3.63, 3.8) is 0 Å². The minimum Gasteiger partial charge on any atom is -0.481 e. The molecule has 9 heteroatoms. The highest BCUT2D eigenvalue weighted by molar-refractivity contribution is 5.90. The number of hydrogen-bond donors (Lipinski definition) is 2. The molecule has 1 aromatic carbocycles. The van der Waals surface area contributed by atoms with E-state index in [4.69, 9.17) is 9.84 Å². The second kappa shape index (κ2) is 7.30. The number of carbonyl (C=O) groups is 2. The molecule has 25 heavy (non-hydrogen) atoms. The molecule has 0 spiro atoms. The standard InChI is InChI=1S/C16H19F3N2O4/c1-9(25-2)10-4-3-5-11(6-10)20-15(24)21-7-12(14(22)23)13(8-21)16(17,18)19/h3-6,9,12-13H,7-8H2,1-2H3,(H,20,24)(H,22,23)/t9?,12-,13-/m1/s1. The Kier molecular flexibility index (Phi) is 5.56. The van der Waals surface area contributed by atoms with Crippen molar-refractivity contribution in [1.29, 1.82) is 0 Å². The number of carbonyl (C=O) groups excluding carboxylic acids is 1. The van der Waals surface area contributed by atoms with Crippen LogP contribution in [-0.4, -0.2) is 48.4 Å². The van der Waals surface area contributed by atoms with Gasteiger partial charge in [-0.3, -0.25) is 4.79 Å². The number of carboxylic acid groups (broad SMARTS) is 1. The van der Waals surface area contributed by atoms with Gasteiger partial charge in [-0.2, -0.15) is 13.2 Å². The largest absolute Gasteiger partial charge is 0.481 e. The van der Waals surface area contributed by atoms with E-state index in [0.717, 1.165) is 10.5 Å². The van der Waals surface area contributed by atoms with Gasteiger partial charge in [0.1, 0.15) is 0 Å². The maximum Gasteiger partial charge on any atom is 0.394 e. The fourth-order valence-electron chi connectivity index (χ4n) is 2.76. The fraction of sp³-hybridized carbons (Fsp3) is 0.500. The van der Waals surface area contributed by atoms with E-state index >= 15 is 0 Å². The Bertz CT molecular complexity index is 651. The Hall–Kier alpha value is -2.29. The monoisotopic (exact) mass is 360 g/mol. The molecule has 1 unspecified atom stereocenters. The first-order valence-corrected chi connectivity index (χ1v) is 7.61. The lowest BCUT2D eigenvalue weighted by Gasteiger charge is -2.19. The number of carboxylic acids is 1. The Labute approximate surface area is 142 Å². The number of aliphatic carboxylic acids is 1. The molecule has 0 bridgehead atoms. The lowest BCUT2D eigenvalue weighted by molar-refractivity contribution is -0.187. The van der Waals surface area contributed by atoms with Crippen LogP contribution in [0.4, 0.5) is 23.7 Å². The molecule has 0 saturated carbocycles. The molecule has 1 heterocycles. The van der Waals surface area contributed by atoms with Crippen LogP contribution >= 0.6 is 0 Å². The number of amides is 2. The van der Waals surface area contributed by atoms with Crippen LogP contribution in [0.2, 0.25) is 0 Å². The van der Waals surface area contributed by atoms with Gasteiger partial charge in [0, 0.05) is 25.9 Å². The van der Waals surface area contributed by atoms with Gasteiger partial charge in [-0.05, 0) is 24.6 Å². The normalized spacial score (nSPS) is 21.9. The first kappa shape index (κ1) is 19.0. The summed E-state index contributed by atoms with van der Waals surface area (Å²) in [6, 6.07) is 5.96. The summed E-state index contributed by atoms with van der Waals surface area (Å²) in [6.45, 7) is 0.646. The SMILES string of the molecule is COC(C)c1cccc(NC(=O)N2C[C@@H](C(F)(F)F)[C@H](C(=O)O)C2)c1. The third-order valence-electron chi connectivity index (χ3n) is 4.31. The average molecular weight is 360 g/mol. The quantitative estimate of drug-likeness (QED) is 0.865. The number of halogens is 3. The van der Waals surface area contributed by atoms with Crippen LogP contribution < -0.4 is 5.32 Å². The number of hydrogen-bond acceptors (Lipinski definition) is 3. The van der Waals surface area contributed by atoms with Crippen molar-refractivity contribution in [1.82, 2.24) is 4.90 Å². The summed E-state index contributed by atoms with van der Waals surface area (Å²) in [5, 5.41) is 11.5. The van der Waals surface area contributed by atoms with Crippen LogP contribution in [0.5, 0.6) is 0 Å². The molecule has 1 saturated heterocycles. The molecule has 138 valence electrons. The molecule has 1 fully saturated rings. The molecule has 1 aliphatic heterocycles. The van der Waals surface area contributed by atoms with E-state index in [2.05, 4.69) is 5.32 Å². The number of urea groups is 1. The van der Waals surface area contributed by atoms with Crippen LogP contribution in [0.1, 0.15) is 18.6 Å². The van der Waals surface area contributed by atoms with Crippen LogP contribution in [0.25, 0.3) is 0 Å². The third kappa shape index (κ3) is 4.41. The average Bonchev–Trinajstić information content (AvgIpc) is 3.00. The smallest absolute Gasteiger partial charge is 0.394 e. The summed E-state index contributed by atoms with van der Waals surface area (Å²) >= 11 is 0. The summed E-state index contributed by atoms with van der Waals surface area (Å²) in [5.74, 6) is -5.30. The zero-order valence-corrected chi connectivity index (χ0v) is 13.7. The molecule has 0 aromatic heterocycles. The van der Waals surface area contributed by atoms with Gasteiger partial charge in [0.15, 0.2) is 0 Å². The van der Waals surface area contributed by atoms with E-state index in [0.29, 0.717) is 5.69 Å². The summed E-state index contributed by atoms with van der Waals surface area (Å²) in [5.41, 5.74) is 1.19. The van der Waals surface area contributed by atoms with Crippen molar-refractivity contribution in [3.8, 4) is 0 Å². The number of alkyl halides is 3. The highest BCUT2D eigenvalue weighted by atomic mass is 19.4. The van der Waals surface area contributed by atoms with E-state index in [1.54, 1.807) is 24.3 Å². The second-order valence-corrected chi connectivity index (χ2v) is 5.93. The molecule has 3 atom stereocenters. The molecular weight excluding hydrogens is 341 g/mol. The summed E-state index contributed by atoms with van der Waals surface area (Å²) in [7, 11) is 1.53. The molecular formula is C16H19F3N2O4. The van der Waals surface area contributed by atoms with Gasteiger partial charge in [0.25, 0.3) is 0 Å². The van der Waals surface area contributed by atoms with E-state index in [9.17, 15) is 22.8 Å². The van der Waals surface area contributed by atoms with Gasteiger partial charge < -0.3 is 20.1 Å². The number of methoxy groups -OCH3 is 1. The fourth-order valence-corrected chi connectivity index (χ4v) is 2.76. The van der Waals surface area contributed by atoms with Gasteiger partial charge >= 0.3 is 18.2 Å². The van der Waals surface area contributed by atoms with Gasteiger partial charge in [-0.25, -0.2) is 4.79 Å². The van der Waals surface area contributed by atoms with Crippen molar-refractivity contribution in [2.45, 2.75) is 19.2 Å². The molecule has 6 nitrogen and oxygen atoms in total. The van der Waals surface area contributed by atoms with Crippen LogP contribution in [-0.2, 0) is 9.53 Å². The van der Waals surface area contributed by atoms with Gasteiger partial charge in [-0.1, -0.05) is 12.1 Å². The van der Waals surface area contributed by atoms with Crippen LogP contribution in [0.15, 0.2) is 24.3 Å². The maximum absolute atomic E-state index is 13.0. The van der Waals surface area contributed by atoms with Gasteiger partial charge in [-0.15, -0.1) is 0 Å². The first-order valence-electron chi connectivity index (χ1n) is 7.61. The number of nitrogens with one attached hydrogen (secondary N) is 1. The number of anilines is 1. The topological polar surface area (TPSA) is 78.9 Å². The van der Waals surface area contributed by atoms with Crippen molar-refractivity contribution in [3.05, 3.63) is 29.8 Å². The third-order valence-corrected chi connectivity index (χ3v) is 4.31. The summed E-state index contributed by atoms with van der Waals surface area (Å²) in [6.07, 6.45) is -4.89. The maximum atomic E-state index is 13.0. The van der Waals surface area contributed by atoms with Gasteiger partial charge in [0.2, 0.25) is 0 Å². The minimum atomic E-state index is -4.67. The lowest BCUT2D eigenvalue weighted by Crippen LogP contribution is -2.35. The molecule has 0 aliphatic carbocycles. The van der Waals surface area contributed by atoms with Crippen molar-refractivity contribution >= 4 is 17.7 Å². The molecule has 2 rings (SSSR count). The molecule has 0 radical (unpaired) electrons. The molecule has 2 amide bonds. The zero-order chi connectivity index (χ0) is 18.8. The molecule has 1 aliphatic rings. The highest BCUT2D eigenvalue weighted by Gasteiger charge is 2.53. The Balaban J connectivity index is 2.10. The summed E-state index contributed by atoms with van der Waals surface area (Å²) in [4.78, 5) is 24.2. The van der Waals surface area contributed by atoms with E-state index < -0.39 is 43.1 Å². The zero-order valence-electron chi connectivity index (χ0n) is 13.7. The van der Waals surface area contributed by atoms with E-state index in [-0.39, 0.29) is 6.10 Å². The van der Waals surface area contributed by atoms with Crippen molar-refractivity contribution < 1.29 is 32.6 Å². The van der Waals surface area contributed by atoms with Crippen LogP contribution in [0.3, 0.4) is 0 Å². The number of nitrogens with zero attached hydrogens (tertiary/aromatic N) is 1. The number of benzene rings is 1. The van der Waals surface area contributed by atoms with E-state index in [1.165, 1.54) is 7.11 Å². The Morgan fingerprint density at radius 3 is 2.56 bits per heavy atom. The molecule has 1 aromatic rings. The van der Waals surface area contributed by atoms with Gasteiger partial charge in [0.05, 0.1) is 17.9 Å². The van der Waals surface area contributed by atoms with Crippen molar-refractivity contribution in [2.24, 2.45) is 11.8 Å². The van der Waals surface area contributed by atoms with E-state index in [1.807, 2.05) is 6.92 Å². The van der Waals surface area contributed by atoms with Crippen LogP contribution in [0, 0.1) is 11.8 Å². The summed E-state index contributed by atoms with van der Waals surface area (Å²) < 4.78 is 44.1. The lowest BCUT2D eigenvalue weighted by atomic mass is 9.96. The highest BCUT2D eigenvalue weighted by Crippen LogP contribution is 2.37.